The van der Waals surface area contributed by atoms with E-state index in [2.05, 4.69) is 5.32 Å². The number of ether oxygens (including phenoxy) is 1. The van der Waals surface area contributed by atoms with E-state index in [0.717, 1.165) is 31.2 Å². The van der Waals surface area contributed by atoms with Gasteiger partial charge in [-0.25, -0.2) is 0 Å². The highest BCUT2D eigenvalue weighted by Gasteiger charge is 2.23. The Bertz CT molecular complexity index is 492. The van der Waals surface area contributed by atoms with Crippen LogP contribution in [0.25, 0.3) is 0 Å². The average Bonchev–Trinajstić information content (AvgIpc) is 2.48. The lowest BCUT2D eigenvalue weighted by Crippen LogP contribution is -2.37. The van der Waals surface area contributed by atoms with Gasteiger partial charge in [0.05, 0.1) is 19.6 Å². The summed E-state index contributed by atoms with van der Waals surface area (Å²) in [7, 11) is 1.58. The van der Waals surface area contributed by atoms with Crippen LogP contribution in [0.3, 0.4) is 0 Å². The van der Waals surface area contributed by atoms with Gasteiger partial charge in [-0.2, -0.15) is 0 Å². The topological polar surface area (TPSA) is 58.6 Å². The number of rotatable bonds is 5. The molecular weight excluding hydrogens is 290 g/mol. The number of carbonyl (C=O) groups excluding carboxylic acids is 1. The van der Waals surface area contributed by atoms with E-state index in [4.69, 9.17) is 16.3 Å². The monoisotopic (exact) mass is 311 g/mol. The van der Waals surface area contributed by atoms with Gasteiger partial charge in [0.2, 0.25) is 5.91 Å². The summed E-state index contributed by atoms with van der Waals surface area (Å²) in [5, 5.41) is 13.3. The van der Waals surface area contributed by atoms with Crippen LogP contribution in [-0.4, -0.2) is 30.8 Å². The second kappa shape index (κ2) is 7.66. The quantitative estimate of drug-likeness (QED) is 0.878. The molecule has 0 spiro atoms. The molecule has 5 heteroatoms. The number of nitrogens with one attached hydrogen (secondary N) is 1. The van der Waals surface area contributed by atoms with Crippen LogP contribution in [0.5, 0.6) is 5.75 Å². The van der Waals surface area contributed by atoms with Crippen LogP contribution in [0.15, 0.2) is 18.2 Å². The molecule has 1 aliphatic rings. The molecule has 1 aromatic rings. The Hall–Kier alpha value is -1.26. The largest absolute Gasteiger partial charge is 0.497 e. The molecule has 2 N–H and O–H groups in total. The lowest BCUT2D eigenvalue weighted by molar-refractivity contribution is -0.120. The third-order valence-corrected chi connectivity index (χ3v) is 4.39. The minimum Gasteiger partial charge on any atom is -0.497 e. The molecule has 0 heterocycles. The maximum Gasteiger partial charge on any atom is 0.224 e. The summed E-state index contributed by atoms with van der Waals surface area (Å²) in [5.41, 5.74) is 0.777. The zero-order valence-electron chi connectivity index (χ0n) is 12.3. The summed E-state index contributed by atoms with van der Waals surface area (Å²) < 4.78 is 5.08. The molecular formula is C16H22ClNO3. The fourth-order valence-corrected chi connectivity index (χ4v) is 2.94. The summed E-state index contributed by atoms with van der Waals surface area (Å²) in [5.74, 6) is 0.781. The van der Waals surface area contributed by atoms with Crippen molar-refractivity contribution in [1.29, 1.82) is 0 Å². The Morgan fingerprint density at radius 3 is 2.86 bits per heavy atom. The van der Waals surface area contributed by atoms with Gasteiger partial charge in [-0.1, -0.05) is 30.5 Å². The molecule has 0 aliphatic heterocycles. The lowest BCUT2D eigenvalue weighted by atomic mass is 9.86. The molecule has 1 aromatic carbocycles. The van der Waals surface area contributed by atoms with Crippen molar-refractivity contribution >= 4 is 17.5 Å². The predicted octanol–water partition coefficient (Wildman–Crippen LogP) is 2.56. The van der Waals surface area contributed by atoms with Crippen LogP contribution in [0.2, 0.25) is 5.02 Å². The van der Waals surface area contributed by atoms with Gasteiger partial charge >= 0.3 is 0 Å². The molecule has 21 heavy (non-hydrogen) atoms. The molecule has 1 saturated carbocycles. The first-order valence-electron chi connectivity index (χ1n) is 7.37. The first kappa shape index (κ1) is 16.1. The molecule has 0 bridgehead atoms. The summed E-state index contributed by atoms with van der Waals surface area (Å²) >= 11 is 6.12. The number of hydrogen-bond donors (Lipinski definition) is 2. The van der Waals surface area contributed by atoms with Crippen molar-refractivity contribution in [2.24, 2.45) is 5.92 Å². The number of carbonyl (C=O) groups is 1. The third kappa shape index (κ3) is 4.61. The van der Waals surface area contributed by atoms with Crippen molar-refractivity contribution in [3.8, 4) is 5.75 Å². The Kier molecular flexibility index (Phi) is 5.88. The molecule has 0 radical (unpaired) electrons. The molecule has 1 amide bonds. The summed E-state index contributed by atoms with van der Waals surface area (Å²) in [6.45, 7) is 0.535. The Morgan fingerprint density at radius 2 is 2.19 bits per heavy atom. The highest BCUT2D eigenvalue weighted by Crippen LogP contribution is 2.24. The van der Waals surface area contributed by atoms with E-state index in [1.165, 1.54) is 0 Å². The van der Waals surface area contributed by atoms with E-state index < -0.39 is 0 Å². The minimum atomic E-state index is -0.288. The molecule has 116 valence electrons. The van der Waals surface area contributed by atoms with Gasteiger partial charge < -0.3 is 15.2 Å². The van der Waals surface area contributed by atoms with Gasteiger partial charge in [-0.3, -0.25) is 4.79 Å². The van der Waals surface area contributed by atoms with Crippen LogP contribution in [-0.2, 0) is 11.2 Å². The summed E-state index contributed by atoms with van der Waals surface area (Å²) in [6.07, 6.45) is 3.97. The van der Waals surface area contributed by atoms with Crippen LogP contribution >= 0.6 is 11.6 Å². The first-order chi connectivity index (χ1) is 10.1. The van der Waals surface area contributed by atoms with Gasteiger partial charge in [0.1, 0.15) is 5.75 Å². The van der Waals surface area contributed by atoms with Crippen molar-refractivity contribution in [1.82, 2.24) is 5.32 Å². The number of amides is 1. The fourth-order valence-electron chi connectivity index (χ4n) is 2.70. The number of halogens is 1. The fraction of sp³-hybridized carbons (Fsp3) is 0.562. The number of hydrogen-bond acceptors (Lipinski definition) is 3. The van der Waals surface area contributed by atoms with Gasteiger partial charge in [-0.15, -0.1) is 0 Å². The second-order valence-electron chi connectivity index (χ2n) is 5.55. The van der Waals surface area contributed by atoms with E-state index in [1.807, 2.05) is 0 Å². The highest BCUT2D eigenvalue weighted by atomic mass is 35.5. The molecule has 0 unspecified atom stereocenters. The van der Waals surface area contributed by atoms with Crippen molar-refractivity contribution in [2.75, 3.05) is 13.7 Å². The van der Waals surface area contributed by atoms with Crippen molar-refractivity contribution < 1.29 is 14.6 Å². The Morgan fingerprint density at radius 1 is 1.43 bits per heavy atom. The van der Waals surface area contributed by atoms with Gasteiger partial charge in [-0.05, 0) is 30.5 Å². The zero-order valence-corrected chi connectivity index (χ0v) is 13.0. The number of aliphatic hydroxyl groups is 1. The SMILES string of the molecule is COc1ccc(CC(=O)NC[C@H]2CCCC[C@@H]2O)c(Cl)c1. The van der Waals surface area contributed by atoms with Crippen LogP contribution in [0, 0.1) is 5.92 Å². The smallest absolute Gasteiger partial charge is 0.224 e. The molecule has 0 saturated heterocycles. The van der Waals surface area contributed by atoms with Crippen LogP contribution < -0.4 is 10.1 Å². The van der Waals surface area contributed by atoms with Gasteiger partial charge in [0, 0.05) is 17.5 Å². The number of aliphatic hydroxyl groups excluding tert-OH is 1. The van der Waals surface area contributed by atoms with E-state index in [9.17, 15) is 9.90 Å². The maximum atomic E-state index is 12.0. The molecule has 1 aliphatic carbocycles. The first-order valence-corrected chi connectivity index (χ1v) is 7.75. The Balaban J connectivity index is 1.84. The summed E-state index contributed by atoms with van der Waals surface area (Å²) in [6, 6.07) is 5.30. The standard InChI is InChI=1S/C16H22ClNO3/c1-21-13-7-6-11(14(17)9-13)8-16(20)18-10-12-4-2-3-5-15(12)19/h6-7,9,12,15,19H,2-5,8,10H2,1H3,(H,18,20)/t12-,15+/m1/s1. The molecule has 4 nitrogen and oxygen atoms in total. The Labute approximate surface area is 130 Å². The number of methoxy groups -OCH3 is 1. The van der Waals surface area contributed by atoms with Gasteiger partial charge in [0.15, 0.2) is 0 Å². The van der Waals surface area contributed by atoms with Crippen molar-refractivity contribution in [2.45, 2.75) is 38.2 Å². The predicted molar refractivity (Wildman–Crippen MR) is 82.7 cm³/mol. The maximum absolute atomic E-state index is 12.0. The van der Waals surface area contributed by atoms with E-state index in [0.29, 0.717) is 17.3 Å². The zero-order chi connectivity index (χ0) is 15.2. The van der Waals surface area contributed by atoms with E-state index >= 15 is 0 Å². The molecule has 0 aromatic heterocycles. The molecule has 2 rings (SSSR count). The van der Waals surface area contributed by atoms with Crippen LogP contribution in [0.1, 0.15) is 31.2 Å². The normalized spacial score (nSPS) is 21.9. The molecule has 2 atom stereocenters. The second-order valence-corrected chi connectivity index (χ2v) is 5.96. The average molecular weight is 312 g/mol. The van der Waals surface area contributed by atoms with E-state index in [1.54, 1.807) is 25.3 Å². The van der Waals surface area contributed by atoms with Gasteiger partial charge in [0.25, 0.3) is 0 Å². The third-order valence-electron chi connectivity index (χ3n) is 4.04. The lowest BCUT2D eigenvalue weighted by Gasteiger charge is -2.27. The van der Waals surface area contributed by atoms with E-state index in [-0.39, 0.29) is 24.3 Å². The van der Waals surface area contributed by atoms with Crippen molar-refractivity contribution in [3.63, 3.8) is 0 Å². The summed E-state index contributed by atoms with van der Waals surface area (Å²) in [4.78, 5) is 12.0. The van der Waals surface area contributed by atoms with Crippen LogP contribution in [0.4, 0.5) is 0 Å². The molecule has 1 fully saturated rings. The van der Waals surface area contributed by atoms with Crippen molar-refractivity contribution in [3.05, 3.63) is 28.8 Å². The number of benzene rings is 1. The minimum absolute atomic E-state index is 0.0696. The highest BCUT2D eigenvalue weighted by molar-refractivity contribution is 6.31.